The highest BCUT2D eigenvalue weighted by Gasteiger charge is 2.18. The maximum Gasteiger partial charge on any atom is 0.0518 e. The summed E-state index contributed by atoms with van der Waals surface area (Å²) in [6, 6.07) is 0. The minimum atomic E-state index is 0.392. The number of likely N-dealkylation sites (tertiary alicyclic amines) is 1. The molecule has 0 bridgehead atoms. The maximum atomic E-state index is 5.61. The molecule has 108 valence electrons. The monoisotopic (exact) mass is 255 g/mol. The smallest absolute Gasteiger partial charge is 0.0518 e. The van der Waals surface area contributed by atoms with Crippen molar-refractivity contribution in [3.8, 4) is 0 Å². The second kappa shape index (κ2) is 8.92. The van der Waals surface area contributed by atoms with Crippen molar-refractivity contribution in [3.05, 3.63) is 0 Å². The largest absolute Gasteiger partial charge is 0.379 e. The first-order valence-electron chi connectivity index (χ1n) is 7.92. The Morgan fingerprint density at radius 1 is 1.11 bits per heavy atom. The van der Waals surface area contributed by atoms with Crippen LogP contribution in [0.4, 0.5) is 0 Å². The van der Waals surface area contributed by atoms with Gasteiger partial charge >= 0.3 is 0 Å². The van der Waals surface area contributed by atoms with Gasteiger partial charge in [-0.2, -0.15) is 0 Å². The summed E-state index contributed by atoms with van der Waals surface area (Å²) >= 11 is 0. The van der Waals surface area contributed by atoms with E-state index in [-0.39, 0.29) is 0 Å². The first-order chi connectivity index (χ1) is 8.58. The third kappa shape index (κ3) is 7.38. The Labute approximate surface area is 114 Å². The van der Waals surface area contributed by atoms with Crippen molar-refractivity contribution in [3.63, 3.8) is 0 Å². The van der Waals surface area contributed by atoms with Crippen molar-refractivity contribution >= 4 is 0 Å². The van der Waals surface area contributed by atoms with Crippen LogP contribution in [-0.4, -0.2) is 37.2 Å². The molecule has 0 atom stereocenters. The first kappa shape index (κ1) is 16.0. The molecule has 0 aromatic carbocycles. The normalized spacial score (nSPS) is 19.0. The second-order valence-electron chi connectivity index (χ2n) is 6.53. The van der Waals surface area contributed by atoms with E-state index in [9.17, 15) is 0 Å². The summed E-state index contributed by atoms with van der Waals surface area (Å²) in [6.45, 7) is 13.8. The lowest BCUT2D eigenvalue weighted by molar-refractivity contribution is 0.0703. The number of piperidine rings is 1. The van der Waals surface area contributed by atoms with E-state index < -0.39 is 0 Å². The lowest BCUT2D eigenvalue weighted by Gasteiger charge is -2.32. The highest BCUT2D eigenvalue weighted by atomic mass is 16.5. The average molecular weight is 255 g/mol. The summed E-state index contributed by atoms with van der Waals surface area (Å²) < 4.78 is 5.61. The van der Waals surface area contributed by atoms with Crippen LogP contribution in [0, 0.1) is 11.8 Å². The molecule has 2 nitrogen and oxygen atoms in total. The molecule has 0 saturated carbocycles. The zero-order chi connectivity index (χ0) is 13.4. The van der Waals surface area contributed by atoms with Crippen LogP contribution >= 0.6 is 0 Å². The summed E-state index contributed by atoms with van der Waals surface area (Å²) in [5.41, 5.74) is 0. The number of nitrogens with zero attached hydrogens (tertiary/aromatic N) is 1. The quantitative estimate of drug-likeness (QED) is 0.609. The standard InChI is InChI=1S/C16H33NO/c1-14(2)7-10-17-11-8-16(9-12-17)6-5-13-18-15(3)4/h14-16H,5-13H2,1-4H3. The van der Waals surface area contributed by atoms with E-state index in [0.717, 1.165) is 18.4 Å². The van der Waals surface area contributed by atoms with Gasteiger partial charge in [0.1, 0.15) is 0 Å². The highest BCUT2D eigenvalue weighted by Crippen LogP contribution is 2.22. The molecule has 0 spiro atoms. The Hall–Kier alpha value is -0.0800. The van der Waals surface area contributed by atoms with E-state index >= 15 is 0 Å². The molecule has 1 heterocycles. The van der Waals surface area contributed by atoms with Crippen molar-refractivity contribution in [1.82, 2.24) is 4.90 Å². The van der Waals surface area contributed by atoms with E-state index in [1.54, 1.807) is 0 Å². The van der Waals surface area contributed by atoms with Crippen molar-refractivity contribution in [1.29, 1.82) is 0 Å². The Bertz CT molecular complexity index is 195. The molecule has 0 radical (unpaired) electrons. The molecule has 0 amide bonds. The molecular weight excluding hydrogens is 222 g/mol. The number of rotatable bonds is 8. The molecule has 0 unspecified atom stereocenters. The summed E-state index contributed by atoms with van der Waals surface area (Å²) in [4.78, 5) is 2.65. The van der Waals surface area contributed by atoms with Gasteiger partial charge in [0.25, 0.3) is 0 Å². The van der Waals surface area contributed by atoms with Gasteiger partial charge in [-0.05, 0) is 77.4 Å². The SMILES string of the molecule is CC(C)CCN1CCC(CCCOC(C)C)CC1. The number of hydrogen-bond donors (Lipinski definition) is 0. The summed E-state index contributed by atoms with van der Waals surface area (Å²) in [5, 5.41) is 0. The molecule has 1 aliphatic rings. The lowest BCUT2D eigenvalue weighted by atomic mass is 9.92. The minimum absolute atomic E-state index is 0.392. The van der Waals surface area contributed by atoms with Crippen LogP contribution in [0.25, 0.3) is 0 Å². The van der Waals surface area contributed by atoms with E-state index in [1.807, 2.05) is 0 Å². The van der Waals surface area contributed by atoms with Crippen LogP contribution in [0.5, 0.6) is 0 Å². The van der Waals surface area contributed by atoms with Gasteiger partial charge in [-0.3, -0.25) is 0 Å². The van der Waals surface area contributed by atoms with Gasteiger partial charge in [0.2, 0.25) is 0 Å². The van der Waals surface area contributed by atoms with Gasteiger partial charge in [0.05, 0.1) is 6.10 Å². The highest BCUT2D eigenvalue weighted by molar-refractivity contribution is 4.72. The molecule has 0 N–H and O–H groups in total. The third-order valence-corrected chi connectivity index (χ3v) is 3.94. The van der Waals surface area contributed by atoms with Crippen molar-refractivity contribution in [2.45, 2.75) is 65.9 Å². The van der Waals surface area contributed by atoms with Gasteiger partial charge < -0.3 is 9.64 Å². The van der Waals surface area contributed by atoms with Crippen LogP contribution in [0.2, 0.25) is 0 Å². The van der Waals surface area contributed by atoms with Crippen molar-refractivity contribution in [2.75, 3.05) is 26.2 Å². The van der Waals surface area contributed by atoms with Gasteiger partial charge in [-0.15, -0.1) is 0 Å². The van der Waals surface area contributed by atoms with Crippen LogP contribution in [0.3, 0.4) is 0 Å². The molecule has 2 heteroatoms. The van der Waals surface area contributed by atoms with Crippen LogP contribution < -0.4 is 0 Å². The molecule has 0 aliphatic carbocycles. The summed E-state index contributed by atoms with van der Waals surface area (Å²) in [6.07, 6.45) is 7.16. The molecule has 1 fully saturated rings. The second-order valence-corrected chi connectivity index (χ2v) is 6.53. The van der Waals surface area contributed by atoms with Gasteiger partial charge in [0.15, 0.2) is 0 Å². The Balaban J connectivity index is 2.01. The number of ether oxygens (including phenoxy) is 1. The van der Waals surface area contributed by atoms with E-state index in [4.69, 9.17) is 4.74 Å². The molecular formula is C16H33NO. The van der Waals surface area contributed by atoms with Crippen LogP contribution in [-0.2, 0) is 4.74 Å². The fourth-order valence-electron chi connectivity index (χ4n) is 2.63. The first-order valence-corrected chi connectivity index (χ1v) is 7.92. The van der Waals surface area contributed by atoms with Gasteiger partial charge in [0, 0.05) is 6.61 Å². The molecule has 1 saturated heterocycles. The molecule has 0 aromatic heterocycles. The summed E-state index contributed by atoms with van der Waals surface area (Å²) in [5.74, 6) is 1.80. The lowest BCUT2D eigenvalue weighted by Crippen LogP contribution is -2.34. The molecule has 1 rings (SSSR count). The maximum absolute atomic E-state index is 5.61. The van der Waals surface area contributed by atoms with E-state index in [0.29, 0.717) is 6.10 Å². The molecule has 18 heavy (non-hydrogen) atoms. The fraction of sp³-hybridized carbons (Fsp3) is 1.00. The Morgan fingerprint density at radius 2 is 1.78 bits per heavy atom. The fourth-order valence-corrected chi connectivity index (χ4v) is 2.63. The minimum Gasteiger partial charge on any atom is -0.379 e. The van der Waals surface area contributed by atoms with Crippen LogP contribution in [0.15, 0.2) is 0 Å². The predicted octanol–water partition coefficient (Wildman–Crippen LogP) is 3.95. The average Bonchev–Trinajstić information content (AvgIpc) is 2.33. The number of hydrogen-bond acceptors (Lipinski definition) is 2. The van der Waals surface area contributed by atoms with E-state index in [1.165, 1.54) is 51.7 Å². The Kier molecular flexibility index (Phi) is 7.92. The summed E-state index contributed by atoms with van der Waals surface area (Å²) in [7, 11) is 0. The molecule has 0 aromatic rings. The predicted molar refractivity (Wildman–Crippen MR) is 78.9 cm³/mol. The van der Waals surface area contributed by atoms with Gasteiger partial charge in [-0.1, -0.05) is 13.8 Å². The zero-order valence-electron chi connectivity index (χ0n) is 13.0. The van der Waals surface area contributed by atoms with Gasteiger partial charge in [-0.25, -0.2) is 0 Å². The van der Waals surface area contributed by atoms with Crippen molar-refractivity contribution in [2.24, 2.45) is 11.8 Å². The molecule has 1 aliphatic heterocycles. The Morgan fingerprint density at radius 3 is 2.33 bits per heavy atom. The van der Waals surface area contributed by atoms with Crippen molar-refractivity contribution < 1.29 is 4.74 Å². The van der Waals surface area contributed by atoms with Crippen LogP contribution in [0.1, 0.15) is 59.8 Å². The topological polar surface area (TPSA) is 12.5 Å². The zero-order valence-corrected chi connectivity index (χ0v) is 13.0. The van der Waals surface area contributed by atoms with E-state index in [2.05, 4.69) is 32.6 Å². The third-order valence-electron chi connectivity index (χ3n) is 3.94.